The van der Waals surface area contributed by atoms with E-state index in [4.69, 9.17) is 16.1 Å². The molecule has 0 aliphatic heterocycles. The van der Waals surface area contributed by atoms with Gasteiger partial charge in [0.1, 0.15) is 6.54 Å². The highest BCUT2D eigenvalue weighted by atomic mass is 35.5. The number of carbonyl (C=O) groups is 2. The predicted molar refractivity (Wildman–Crippen MR) is 121 cm³/mol. The third kappa shape index (κ3) is 5.39. The Kier molecular flexibility index (Phi) is 6.57. The molecular formula is C24H19ClN4O3. The van der Waals surface area contributed by atoms with Crippen molar-refractivity contribution in [2.75, 3.05) is 11.9 Å². The molecule has 2 heterocycles. The standard InChI is InChI=1S/C24H19ClN4O3/c25-19-8-10-20(11-9-19)27-23(30)16-29(15-17-5-4-12-26-14-17)24(31)21-13-22(32-28-21)18-6-2-1-3-7-18/h1-14H,15-16H2,(H,27,30). The van der Waals surface area contributed by atoms with Gasteiger partial charge < -0.3 is 14.7 Å². The molecule has 0 atom stereocenters. The Hall–Kier alpha value is -3.97. The summed E-state index contributed by atoms with van der Waals surface area (Å²) >= 11 is 5.89. The van der Waals surface area contributed by atoms with Gasteiger partial charge in [0.25, 0.3) is 5.91 Å². The van der Waals surface area contributed by atoms with Crippen molar-refractivity contribution in [1.29, 1.82) is 0 Å². The van der Waals surface area contributed by atoms with Gasteiger partial charge in [-0.25, -0.2) is 0 Å². The second-order valence-corrected chi connectivity index (χ2v) is 7.46. The maximum Gasteiger partial charge on any atom is 0.276 e. The zero-order valence-electron chi connectivity index (χ0n) is 16.9. The molecule has 0 fully saturated rings. The Bertz CT molecular complexity index is 1190. The van der Waals surface area contributed by atoms with Crippen molar-refractivity contribution in [3.63, 3.8) is 0 Å². The summed E-state index contributed by atoms with van der Waals surface area (Å²) in [5.41, 5.74) is 2.29. The van der Waals surface area contributed by atoms with Crippen molar-refractivity contribution >= 4 is 29.1 Å². The average molecular weight is 447 g/mol. The molecular weight excluding hydrogens is 428 g/mol. The van der Waals surface area contributed by atoms with E-state index in [0.29, 0.717) is 16.5 Å². The highest BCUT2D eigenvalue weighted by molar-refractivity contribution is 6.30. The molecule has 0 bridgehead atoms. The van der Waals surface area contributed by atoms with E-state index in [0.717, 1.165) is 11.1 Å². The fourth-order valence-electron chi connectivity index (χ4n) is 3.10. The molecule has 2 amide bonds. The third-order valence-corrected chi connectivity index (χ3v) is 4.89. The molecule has 0 saturated heterocycles. The minimum absolute atomic E-state index is 0.118. The first-order chi connectivity index (χ1) is 15.6. The van der Waals surface area contributed by atoms with Crippen LogP contribution >= 0.6 is 11.6 Å². The van der Waals surface area contributed by atoms with Crippen LogP contribution in [0.3, 0.4) is 0 Å². The van der Waals surface area contributed by atoms with Gasteiger partial charge in [-0.15, -0.1) is 0 Å². The SMILES string of the molecule is O=C(CN(Cc1cccnc1)C(=O)c1cc(-c2ccccc2)on1)Nc1ccc(Cl)cc1. The van der Waals surface area contributed by atoms with Gasteiger partial charge in [0, 0.05) is 41.3 Å². The van der Waals surface area contributed by atoms with E-state index >= 15 is 0 Å². The molecule has 2 aromatic heterocycles. The summed E-state index contributed by atoms with van der Waals surface area (Å²) in [4.78, 5) is 31.4. The number of nitrogens with zero attached hydrogens (tertiary/aromatic N) is 3. The normalized spacial score (nSPS) is 10.5. The number of amides is 2. The van der Waals surface area contributed by atoms with E-state index in [9.17, 15) is 9.59 Å². The van der Waals surface area contributed by atoms with Gasteiger partial charge in [0.15, 0.2) is 11.5 Å². The van der Waals surface area contributed by atoms with Crippen LogP contribution in [0.5, 0.6) is 0 Å². The van der Waals surface area contributed by atoms with Gasteiger partial charge >= 0.3 is 0 Å². The topological polar surface area (TPSA) is 88.3 Å². The summed E-state index contributed by atoms with van der Waals surface area (Å²) < 4.78 is 5.36. The maximum atomic E-state index is 13.2. The Morgan fingerprint density at radius 1 is 1.00 bits per heavy atom. The molecule has 0 spiro atoms. The van der Waals surface area contributed by atoms with E-state index < -0.39 is 5.91 Å². The van der Waals surface area contributed by atoms with E-state index in [1.807, 2.05) is 36.4 Å². The number of aromatic nitrogens is 2. The summed E-state index contributed by atoms with van der Waals surface area (Å²) in [7, 11) is 0. The fraction of sp³-hybridized carbons (Fsp3) is 0.0833. The highest BCUT2D eigenvalue weighted by Crippen LogP contribution is 2.21. The number of carbonyl (C=O) groups excluding carboxylic acids is 2. The smallest absolute Gasteiger partial charge is 0.276 e. The lowest BCUT2D eigenvalue weighted by molar-refractivity contribution is -0.117. The molecule has 160 valence electrons. The van der Waals surface area contributed by atoms with Gasteiger partial charge in [-0.05, 0) is 35.9 Å². The second kappa shape index (κ2) is 9.89. The van der Waals surface area contributed by atoms with Crippen molar-refractivity contribution in [2.24, 2.45) is 0 Å². The molecule has 1 N–H and O–H groups in total. The molecule has 0 aliphatic rings. The van der Waals surface area contributed by atoms with E-state index in [1.54, 1.807) is 48.8 Å². The molecule has 7 nitrogen and oxygen atoms in total. The van der Waals surface area contributed by atoms with Crippen LogP contribution < -0.4 is 5.32 Å². The molecule has 0 aliphatic carbocycles. The van der Waals surface area contributed by atoms with Gasteiger partial charge in [0.2, 0.25) is 5.91 Å². The molecule has 0 unspecified atom stereocenters. The van der Waals surface area contributed by atoms with Gasteiger partial charge in [-0.2, -0.15) is 0 Å². The monoisotopic (exact) mass is 446 g/mol. The number of halogens is 1. The average Bonchev–Trinajstić information content (AvgIpc) is 3.31. The number of hydrogen-bond acceptors (Lipinski definition) is 5. The van der Waals surface area contributed by atoms with Crippen molar-refractivity contribution in [3.05, 3.63) is 101 Å². The quantitative estimate of drug-likeness (QED) is 0.445. The van der Waals surface area contributed by atoms with Gasteiger partial charge in [0.05, 0.1) is 0 Å². The number of hydrogen-bond donors (Lipinski definition) is 1. The van der Waals surface area contributed by atoms with Crippen LogP contribution in [0.2, 0.25) is 5.02 Å². The molecule has 4 rings (SSSR count). The molecule has 0 radical (unpaired) electrons. The fourth-order valence-corrected chi connectivity index (χ4v) is 3.22. The zero-order valence-corrected chi connectivity index (χ0v) is 17.7. The first-order valence-electron chi connectivity index (χ1n) is 9.84. The Morgan fingerprint density at radius 2 is 1.78 bits per heavy atom. The number of nitrogens with one attached hydrogen (secondary N) is 1. The molecule has 8 heteroatoms. The molecule has 0 saturated carbocycles. The zero-order chi connectivity index (χ0) is 22.3. The van der Waals surface area contributed by atoms with Crippen molar-refractivity contribution in [3.8, 4) is 11.3 Å². The first-order valence-corrected chi connectivity index (χ1v) is 10.2. The van der Waals surface area contributed by atoms with Crippen LogP contribution in [-0.2, 0) is 11.3 Å². The minimum Gasteiger partial charge on any atom is -0.355 e. The molecule has 4 aromatic rings. The largest absolute Gasteiger partial charge is 0.355 e. The van der Waals surface area contributed by atoms with Crippen molar-refractivity contribution in [1.82, 2.24) is 15.0 Å². The van der Waals surface area contributed by atoms with Crippen LogP contribution in [-0.4, -0.2) is 33.4 Å². The molecule has 32 heavy (non-hydrogen) atoms. The van der Waals surface area contributed by atoms with E-state index in [2.05, 4.69) is 15.5 Å². The summed E-state index contributed by atoms with van der Waals surface area (Å²) in [5.74, 6) is -0.303. The lowest BCUT2D eigenvalue weighted by Crippen LogP contribution is -2.37. The summed E-state index contributed by atoms with van der Waals surface area (Å²) in [6.45, 7) is 0.0120. The highest BCUT2D eigenvalue weighted by Gasteiger charge is 2.23. The Balaban J connectivity index is 1.53. The van der Waals surface area contributed by atoms with Crippen LogP contribution in [0.15, 0.2) is 89.7 Å². The van der Waals surface area contributed by atoms with Crippen LogP contribution in [0.25, 0.3) is 11.3 Å². The maximum absolute atomic E-state index is 13.2. The lowest BCUT2D eigenvalue weighted by Gasteiger charge is -2.21. The molecule has 2 aromatic carbocycles. The number of pyridine rings is 1. The van der Waals surface area contributed by atoms with Crippen LogP contribution in [0.4, 0.5) is 5.69 Å². The summed E-state index contributed by atoms with van der Waals surface area (Å²) in [6.07, 6.45) is 3.29. The van der Waals surface area contributed by atoms with E-state index in [-0.39, 0.29) is 24.7 Å². The summed E-state index contributed by atoms with van der Waals surface area (Å²) in [6, 6.07) is 21.3. The minimum atomic E-state index is -0.425. The van der Waals surface area contributed by atoms with Crippen molar-refractivity contribution < 1.29 is 14.1 Å². The van der Waals surface area contributed by atoms with Crippen molar-refractivity contribution in [2.45, 2.75) is 6.54 Å². The number of anilines is 1. The first kappa shape index (κ1) is 21.3. The van der Waals surface area contributed by atoms with E-state index in [1.165, 1.54) is 4.90 Å². The van der Waals surface area contributed by atoms with Crippen LogP contribution in [0.1, 0.15) is 16.1 Å². The Morgan fingerprint density at radius 3 is 2.50 bits per heavy atom. The lowest BCUT2D eigenvalue weighted by atomic mass is 10.1. The number of rotatable bonds is 7. The second-order valence-electron chi connectivity index (χ2n) is 7.02. The van der Waals surface area contributed by atoms with Gasteiger partial charge in [-0.3, -0.25) is 14.6 Å². The third-order valence-electron chi connectivity index (χ3n) is 4.63. The number of benzene rings is 2. The summed E-state index contributed by atoms with van der Waals surface area (Å²) in [5, 5.41) is 7.27. The predicted octanol–water partition coefficient (Wildman–Crippen LogP) is 4.67. The van der Waals surface area contributed by atoms with Crippen LogP contribution in [0, 0.1) is 0 Å². The Labute approximate surface area is 189 Å². The van der Waals surface area contributed by atoms with Gasteiger partial charge in [-0.1, -0.05) is 53.2 Å².